The molecule has 0 aliphatic carbocycles. The van der Waals surface area contributed by atoms with Crippen molar-refractivity contribution >= 4 is 23.2 Å². The number of carbonyl (C=O) groups excluding carboxylic acids is 1. The standard InChI is InChI=1S/C19H21F2N7O2/c1-11-5-17(27-18(24-11)19(3,20)21)26-14-6-16(25-12(2)29)22-8-15(14)30-10-13-7-23-28(4)9-13/h5-9H,10H2,1-4H3,(H2,22,24,25,26,27,29). The molecule has 3 aromatic rings. The summed E-state index contributed by atoms with van der Waals surface area (Å²) in [5.74, 6) is -3.33. The van der Waals surface area contributed by atoms with Crippen LogP contribution in [0.5, 0.6) is 5.75 Å². The van der Waals surface area contributed by atoms with E-state index >= 15 is 0 Å². The highest BCUT2D eigenvalue weighted by Crippen LogP contribution is 2.31. The number of hydrogen-bond donors (Lipinski definition) is 2. The van der Waals surface area contributed by atoms with Gasteiger partial charge in [-0.05, 0) is 6.92 Å². The summed E-state index contributed by atoms with van der Waals surface area (Å²) in [6, 6.07) is 3.06. The van der Waals surface area contributed by atoms with Gasteiger partial charge in [0, 0.05) is 50.5 Å². The van der Waals surface area contributed by atoms with Crippen LogP contribution in [0.4, 0.5) is 26.1 Å². The molecule has 3 aromatic heterocycles. The normalized spacial score (nSPS) is 11.3. The van der Waals surface area contributed by atoms with Crippen molar-refractivity contribution < 1.29 is 18.3 Å². The van der Waals surface area contributed by atoms with Gasteiger partial charge in [0.25, 0.3) is 0 Å². The van der Waals surface area contributed by atoms with Gasteiger partial charge in [-0.3, -0.25) is 9.48 Å². The van der Waals surface area contributed by atoms with Gasteiger partial charge in [-0.15, -0.1) is 0 Å². The average Bonchev–Trinajstić information content (AvgIpc) is 3.04. The molecule has 30 heavy (non-hydrogen) atoms. The lowest BCUT2D eigenvalue weighted by Crippen LogP contribution is -2.14. The number of halogens is 2. The second-order valence-electron chi connectivity index (χ2n) is 6.79. The molecule has 3 rings (SSSR count). The predicted molar refractivity (Wildman–Crippen MR) is 106 cm³/mol. The summed E-state index contributed by atoms with van der Waals surface area (Å²) in [6.07, 6.45) is 4.89. The highest BCUT2D eigenvalue weighted by atomic mass is 19.3. The topological polar surface area (TPSA) is 107 Å². The van der Waals surface area contributed by atoms with Crippen LogP contribution in [-0.2, 0) is 24.4 Å². The first-order chi connectivity index (χ1) is 14.1. The molecular formula is C19H21F2N7O2. The van der Waals surface area contributed by atoms with Crippen LogP contribution in [0, 0.1) is 6.92 Å². The molecule has 0 saturated heterocycles. The number of alkyl halides is 2. The number of anilines is 3. The van der Waals surface area contributed by atoms with Crippen molar-refractivity contribution in [3.63, 3.8) is 0 Å². The Labute approximate surface area is 171 Å². The van der Waals surface area contributed by atoms with Gasteiger partial charge in [0.1, 0.15) is 18.2 Å². The first-order valence-corrected chi connectivity index (χ1v) is 8.99. The Balaban J connectivity index is 1.92. The Morgan fingerprint density at radius 3 is 2.63 bits per heavy atom. The van der Waals surface area contributed by atoms with Crippen LogP contribution >= 0.6 is 0 Å². The van der Waals surface area contributed by atoms with Crippen LogP contribution < -0.4 is 15.4 Å². The summed E-state index contributed by atoms with van der Waals surface area (Å²) in [4.78, 5) is 23.2. The minimum Gasteiger partial charge on any atom is -0.485 e. The second kappa shape index (κ2) is 8.39. The molecule has 0 fully saturated rings. The number of rotatable bonds is 7. The third kappa shape index (κ3) is 5.46. The maximum atomic E-state index is 13.7. The van der Waals surface area contributed by atoms with Gasteiger partial charge in [0.2, 0.25) is 11.7 Å². The van der Waals surface area contributed by atoms with Crippen LogP contribution in [0.1, 0.15) is 30.9 Å². The van der Waals surface area contributed by atoms with Crippen LogP contribution in [0.2, 0.25) is 0 Å². The minimum atomic E-state index is -3.19. The number of ether oxygens (including phenoxy) is 1. The number of pyridine rings is 1. The molecule has 0 atom stereocenters. The first-order valence-electron chi connectivity index (χ1n) is 8.99. The molecule has 0 bridgehead atoms. The van der Waals surface area contributed by atoms with E-state index < -0.39 is 11.7 Å². The van der Waals surface area contributed by atoms with E-state index in [9.17, 15) is 13.6 Å². The Bertz CT molecular complexity index is 1060. The van der Waals surface area contributed by atoms with Crippen molar-refractivity contribution in [2.24, 2.45) is 7.05 Å². The highest BCUT2D eigenvalue weighted by molar-refractivity contribution is 5.88. The molecule has 11 heteroatoms. The number of hydrogen-bond acceptors (Lipinski definition) is 7. The summed E-state index contributed by atoms with van der Waals surface area (Å²) < 4.78 is 34.9. The molecule has 0 radical (unpaired) electrons. The lowest BCUT2D eigenvalue weighted by atomic mass is 10.3. The van der Waals surface area contributed by atoms with Crippen molar-refractivity contribution in [3.05, 3.63) is 47.8 Å². The Morgan fingerprint density at radius 2 is 2.00 bits per heavy atom. The summed E-state index contributed by atoms with van der Waals surface area (Å²) >= 11 is 0. The van der Waals surface area contributed by atoms with E-state index in [-0.39, 0.29) is 24.1 Å². The van der Waals surface area contributed by atoms with E-state index in [1.165, 1.54) is 25.3 Å². The van der Waals surface area contributed by atoms with Crippen molar-refractivity contribution in [1.82, 2.24) is 24.7 Å². The second-order valence-corrected chi connectivity index (χ2v) is 6.79. The minimum absolute atomic E-state index is 0.158. The van der Waals surface area contributed by atoms with E-state index in [0.717, 1.165) is 12.5 Å². The molecule has 3 heterocycles. The van der Waals surface area contributed by atoms with Gasteiger partial charge in [-0.1, -0.05) is 0 Å². The number of aryl methyl sites for hydroxylation is 2. The first kappa shape index (κ1) is 21.1. The lowest BCUT2D eigenvalue weighted by Gasteiger charge is -2.16. The molecule has 0 saturated carbocycles. The Morgan fingerprint density at radius 1 is 1.23 bits per heavy atom. The molecule has 9 nitrogen and oxygen atoms in total. The maximum Gasteiger partial charge on any atom is 0.303 e. The average molecular weight is 417 g/mol. The van der Waals surface area contributed by atoms with Gasteiger partial charge in [0.15, 0.2) is 5.75 Å². The van der Waals surface area contributed by atoms with Gasteiger partial charge < -0.3 is 15.4 Å². The van der Waals surface area contributed by atoms with Crippen LogP contribution in [0.15, 0.2) is 30.7 Å². The molecule has 2 N–H and O–H groups in total. The van der Waals surface area contributed by atoms with Crippen molar-refractivity contribution in [2.75, 3.05) is 10.6 Å². The van der Waals surface area contributed by atoms with E-state index in [2.05, 4.69) is 30.7 Å². The van der Waals surface area contributed by atoms with Gasteiger partial charge >= 0.3 is 5.92 Å². The number of carbonyl (C=O) groups is 1. The molecule has 0 aromatic carbocycles. The molecule has 0 unspecified atom stereocenters. The quantitative estimate of drug-likeness (QED) is 0.607. The highest BCUT2D eigenvalue weighted by Gasteiger charge is 2.29. The molecule has 1 amide bonds. The van der Waals surface area contributed by atoms with Gasteiger partial charge in [0.05, 0.1) is 18.1 Å². The lowest BCUT2D eigenvalue weighted by molar-refractivity contribution is -0.114. The summed E-state index contributed by atoms with van der Waals surface area (Å²) in [7, 11) is 1.79. The largest absolute Gasteiger partial charge is 0.485 e. The SMILES string of the molecule is CC(=O)Nc1cc(Nc2cc(C)nc(C(C)(F)F)n2)c(OCc2cnn(C)c2)cn1. The monoisotopic (exact) mass is 417 g/mol. The Hall–Kier alpha value is -3.63. The van der Waals surface area contributed by atoms with Crippen molar-refractivity contribution in [1.29, 1.82) is 0 Å². The number of nitrogens with zero attached hydrogens (tertiary/aromatic N) is 5. The van der Waals surface area contributed by atoms with Gasteiger partial charge in [-0.2, -0.15) is 13.9 Å². The summed E-state index contributed by atoms with van der Waals surface area (Å²) in [5.41, 5.74) is 1.60. The van der Waals surface area contributed by atoms with Crippen molar-refractivity contribution in [3.8, 4) is 5.75 Å². The van der Waals surface area contributed by atoms with E-state index in [4.69, 9.17) is 4.74 Å². The fourth-order valence-electron chi connectivity index (χ4n) is 2.58. The molecule has 0 spiro atoms. The zero-order valence-corrected chi connectivity index (χ0v) is 16.9. The molecular weight excluding hydrogens is 396 g/mol. The molecule has 0 aliphatic rings. The fourth-order valence-corrected chi connectivity index (χ4v) is 2.58. The van der Waals surface area contributed by atoms with Crippen LogP contribution in [-0.4, -0.2) is 30.6 Å². The third-order valence-corrected chi connectivity index (χ3v) is 3.83. The van der Waals surface area contributed by atoms with E-state index in [1.54, 1.807) is 31.0 Å². The fraction of sp³-hybridized carbons (Fsp3) is 0.316. The third-order valence-electron chi connectivity index (χ3n) is 3.83. The summed E-state index contributed by atoms with van der Waals surface area (Å²) in [6.45, 7) is 3.89. The molecule has 0 aliphatic heterocycles. The van der Waals surface area contributed by atoms with E-state index in [0.29, 0.717) is 17.1 Å². The molecule has 158 valence electrons. The number of aromatic nitrogens is 5. The Kier molecular flexibility index (Phi) is 5.90. The predicted octanol–water partition coefficient (Wildman–Crippen LogP) is 3.31. The maximum absolute atomic E-state index is 13.7. The number of amides is 1. The van der Waals surface area contributed by atoms with Gasteiger partial charge in [-0.25, -0.2) is 15.0 Å². The van der Waals surface area contributed by atoms with Crippen LogP contribution in [0.3, 0.4) is 0 Å². The summed E-state index contributed by atoms with van der Waals surface area (Å²) in [5, 5.41) is 9.61. The van der Waals surface area contributed by atoms with Crippen molar-refractivity contribution in [2.45, 2.75) is 33.3 Å². The zero-order valence-electron chi connectivity index (χ0n) is 16.9. The smallest absolute Gasteiger partial charge is 0.303 e. The zero-order chi connectivity index (χ0) is 21.9. The number of nitrogens with one attached hydrogen (secondary N) is 2. The van der Waals surface area contributed by atoms with E-state index in [1.807, 2.05) is 0 Å². The van der Waals surface area contributed by atoms with Crippen LogP contribution in [0.25, 0.3) is 0 Å².